The predicted molar refractivity (Wildman–Crippen MR) is 139 cm³/mol. The number of aromatic amines is 1. The largest absolute Gasteiger partial charge is 0.350 e. The third-order valence-electron chi connectivity index (χ3n) is 6.12. The van der Waals surface area contributed by atoms with Crippen molar-refractivity contribution in [3.63, 3.8) is 0 Å². The van der Waals surface area contributed by atoms with Crippen LogP contribution in [0.2, 0.25) is 0 Å². The fourth-order valence-electron chi connectivity index (χ4n) is 4.35. The van der Waals surface area contributed by atoms with E-state index in [1.807, 2.05) is 54.2 Å². The number of pyridine rings is 1. The molecule has 1 aliphatic rings. The second-order valence-electron chi connectivity index (χ2n) is 8.85. The van der Waals surface area contributed by atoms with E-state index in [0.717, 1.165) is 47.7 Å². The van der Waals surface area contributed by atoms with Gasteiger partial charge in [0, 0.05) is 26.8 Å². The molecule has 1 aromatic carbocycles. The molecule has 4 aromatic rings. The topological polar surface area (TPSA) is 97.7 Å². The summed E-state index contributed by atoms with van der Waals surface area (Å²) in [6, 6.07) is 14.2. The SMILES string of the molecule is CN(C)c1nccc(-c2cccc(-c3cnc(/C=C\C(=N)N4CCCC4c4cccc(F)c4)[nH]3)n2)n1. The second kappa shape index (κ2) is 10.1. The number of benzene rings is 1. The number of anilines is 1. The van der Waals surface area contributed by atoms with E-state index >= 15 is 0 Å². The smallest absolute Gasteiger partial charge is 0.225 e. The molecule has 2 N–H and O–H groups in total. The van der Waals surface area contributed by atoms with E-state index in [4.69, 9.17) is 10.4 Å². The molecule has 4 heterocycles. The van der Waals surface area contributed by atoms with Gasteiger partial charge in [-0.2, -0.15) is 0 Å². The van der Waals surface area contributed by atoms with Gasteiger partial charge in [0.2, 0.25) is 5.95 Å². The molecule has 0 spiro atoms. The van der Waals surface area contributed by atoms with Crippen molar-refractivity contribution >= 4 is 17.9 Å². The van der Waals surface area contributed by atoms with Gasteiger partial charge < -0.3 is 14.8 Å². The van der Waals surface area contributed by atoms with Gasteiger partial charge in [-0.05, 0) is 60.9 Å². The lowest BCUT2D eigenvalue weighted by molar-refractivity contribution is 0.399. The number of hydrogen-bond donors (Lipinski definition) is 2. The molecule has 182 valence electrons. The molecule has 1 unspecified atom stereocenters. The molecule has 0 amide bonds. The molecule has 0 aliphatic carbocycles. The van der Waals surface area contributed by atoms with Gasteiger partial charge >= 0.3 is 0 Å². The van der Waals surface area contributed by atoms with Crippen molar-refractivity contribution in [3.05, 3.63) is 84.2 Å². The highest BCUT2D eigenvalue weighted by Crippen LogP contribution is 2.32. The number of aromatic nitrogens is 5. The molecule has 9 heteroatoms. The summed E-state index contributed by atoms with van der Waals surface area (Å²) in [5.74, 6) is 1.37. The maximum Gasteiger partial charge on any atom is 0.225 e. The van der Waals surface area contributed by atoms with Crippen LogP contribution >= 0.6 is 0 Å². The van der Waals surface area contributed by atoms with Crippen LogP contribution in [0.5, 0.6) is 0 Å². The average Bonchev–Trinajstić information content (AvgIpc) is 3.58. The van der Waals surface area contributed by atoms with Crippen LogP contribution in [-0.4, -0.2) is 56.3 Å². The van der Waals surface area contributed by atoms with Crippen molar-refractivity contribution < 1.29 is 4.39 Å². The molecule has 5 rings (SSSR count). The van der Waals surface area contributed by atoms with Gasteiger partial charge in [0.1, 0.15) is 17.5 Å². The Bertz CT molecular complexity index is 1410. The first-order valence-corrected chi connectivity index (χ1v) is 11.8. The van der Waals surface area contributed by atoms with Crippen molar-refractivity contribution in [3.8, 4) is 22.8 Å². The van der Waals surface area contributed by atoms with Crippen LogP contribution in [0.4, 0.5) is 10.3 Å². The lowest BCUT2D eigenvalue weighted by Gasteiger charge is -2.26. The van der Waals surface area contributed by atoms with Crippen LogP contribution in [0.15, 0.2) is 67.0 Å². The van der Waals surface area contributed by atoms with Crippen molar-refractivity contribution in [2.45, 2.75) is 18.9 Å². The Morgan fingerprint density at radius 3 is 2.72 bits per heavy atom. The molecule has 36 heavy (non-hydrogen) atoms. The number of halogens is 1. The van der Waals surface area contributed by atoms with Crippen LogP contribution in [0.25, 0.3) is 28.9 Å². The number of rotatable bonds is 6. The van der Waals surface area contributed by atoms with E-state index < -0.39 is 0 Å². The first-order valence-electron chi connectivity index (χ1n) is 11.8. The average molecular weight is 483 g/mol. The highest BCUT2D eigenvalue weighted by molar-refractivity contribution is 5.94. The Morgan fingerprint density at radius 2 is 1.89 bits per heavy atom. The molecular weight excluding hydrogens is 455 g/mol. The fraction of sp³-hybridized carbons (Fsp3) is 0.222. The number of nitrogens with zero attached hydrogens (tertiary/aromatic N) is 6. The number of likely N-dealkylation sites (tertiary alicyclic amines) is 1. The molecule has 3 aromatic heterocycles. The summed E-state index contributed by atoms with van der Waals surface area (Å²) in [7, 11) is 3.79. The highest BCUT2D eigenvalue weighted by atomic mass is 19.1. The summed E-state index contributed by atoms with van der Waals surface area (Å²) in [4.78, 5) is 25.1. The predicted octanol–water partition coefficient (Wildman–Crippen LogP) is 4.96. The first kappa shape index (κ1) is 23.3. The van der Waals surface area contributed by atoms with Crippen molar-refractivity contribution in [1.82, 2.24) is 29.8 Å². The monoisotopic (exact) mass is 482 g/mol. The number of imidazole rings is 1. The van der Waals surface area contributed by atoms with Gasteiger partial charge in [0.15, 0.2) is 0 Å². The minimum absolute atomic E-state index is 0.00626. The Kier molecular flexibility index (Phi) is 6.53. The van der Waals surface area contributed by atoms with E-state index in [-0.39, 0.29) is 11.9 Å². The normalized spacial score (nSPS) is 15.5. The van der Waals surface area contributed by atoms with Crippen molar-refractivity contribution in [2.24, 2.45) is 0 Å². The third kappa shape index (κ3) is 5.00. The van der Waals surface area contributed by atoms with E-state index in [2.05, 4.69) is 19.9 Å². The van der Waals surface area contributed by atoms with Crippen LogP contribution < -0.4 is 4.90 Å². The van der Waals surface area contributed by atoms with Crippen molar-refractivity contribution in [1.29, 1.82) is 5.41 Å². The van der Waals surface area contributed by atoms with E-state index in [9.17, 15) is 4.39 Å². The minimum Gasteiger partial charge on any atom is -0.350 e. The van der Waals surface area contributed by atoms with Crippen LogP contribution in [0.3, 0.4) is 0 Å². The summed E-state index contributed by atoms with van der Waals surface area (Å²) in [5.41, 5.74) is 3.89. The zero-order chi connectivity index (χ0) is 25.1. The Labute approximate surface area is 209 Å². The number of nitrogens with one attached hydrogen (secondary N) is 2. The highest BCUT2D eigenvalue weighted by Gasteiger charge is 2.27. The van der Waals surface area contributed by atoms with Gasteiger partial charge in [-0.25, -0.2) is 24.3 Å². The maximum atomic E-state index is 13.7. The maximum absolute atomic E-state index is 13.7. The Morgan fingerprint density at radius 1 is 1.08 bits per heavy atom. The first-order chi connectivity index (χ1) is 17.5. The number of H-pyrrole nitrogens is 1. The van der Waals surface area contributed by atoms with E-state index in [1.54, 1.807) is 36.7 Å². The van der Waals surface area contributed by atoms with Gasteiger partial charge in [-0.3, -0.25) is 5.41 Å². The zero-order valence-corrected chi connectivity index (χ0v) is 20.2. The van der Waals surface area contributed by atoms with Crippen LogP contribution in [0.1, 0.15) is 30.3 Å². The van der Waals surface area contributed by atoms with Gasteiger partial charge in [0.25, 0.3) is 0 Å². The minimum atomic E-state index is -0.250. The molecular formula is C27H27FN8. The van der Waals surface area contributed by atoms with Crippen molar-refractivity contribution in [2.75, 3.05) is 25.5 Å². The van der Waals surface area contributed by atoms with E-state index in [1.165, 1.54) is 6.07 Å². The van der Waals surface area contributed by atoms with Crippen LogP contribution in [-0.2, 0) is 0 Å². The Balaban J connectivity index is 1.31. The summed E-state index contributed by atoms with van der Waals surface area (Å²) in [5, 5.41) is 8.59. The number of amidine groups is 1. The molecule has 1 fully saturated rings. The molecule has 1 saturated heterocycles. The van der Waals surface area contributed by atoms with Gasteiger partial charge in [-0.15, -0.1) is 0 Å². The third-order valence-corrected chi connectivity index (χ3v) is 6.12. The molecule has 1 aliphatic heterocycles. The van der Waals surface area contributed by atoms with Gasteiger partial charge in [-0.1, -0.05) is 18.2 Å². The Hall–Kier alpha value is -4.40. The molecule has 8 nitrogen and oxygen atoms in total. The molecule has 0 radical (unpaired) electrons. The lowest BCUT2D eigenvalue weighted by Crippen LogP contribution is -2.28. The standard InChI is InChI=1S/C27H27FN8/c1-35(2)27-30-14-13-22(34-27)20-8-4-9-21(32-20)23-17-31-26(33-23)12-11-25(29)36-15-5-10-24(36)18-6-3-7-19(28)16-18/h3-4,6-9,11-14,16-17,24,29H,5,10,15H2,1-2H3,(H,31,33)/b12-11-,29-25?. The summed E-state index contributed by atoms with van der Waals surface area (Å²) < 4.78 is 13.7. The summed E-state index contributed by atoms with van der Waals surface area (Å²) in [6.45, 7) is 0.767. The molecule has 1 atom stereocenters. The molecule has 0 bridgehead atoms. The summed E-state index contributed by atoms with van der Waals surface area (Å²) in [6.07, 6.45) is 8.82. The zero-order valence-electron chi connectivity index (χ0n) is 20.2. The fourth-order valence-corrected chi connectivity index (χ4v) is 4.35. The summed E-state index contributed by atoms with van der Waals surface area (Å²) >= 11 is 0. The quantitative estimate of drug-likeness (QED) is 0.298. The van der Waals surface area contributed by atoms with E-state index in [0.29, 0.717) is 17.6 Å². The number of hydrogen-bond acceptors (Lipinski definition) is 6. The second-order valence-corrected chi connectivity index (χ2v) is 8.85. The molecule has 0 saturated carbocycles. The lowest BCUT2D eigenvalue weighted by atomic mass is 10.0. The van der Waals surface area contributed by atoms with Crippen LogP contribution in [0, 0.1) is 11.2 Å². The van der Waals surface area contributed by atoms with Gasteiger partial charge in [0.05, 0.1) is 35.0 Å².